The third kappa shape index (κ3) is 3.29. The van der Waals surface area contributed by atoms with Crippen molar-refractivity contribution in [1.82, 2.24) is 5.32 Å². The van der Waals surface area contributed by atoms with Crippen LogP contribution in [-0.2, 0) is 16.0 Å². The minimum atomic E-state index is -1.03. The molecule has 1 aliphatic carbocycles. The second kappa shape index (κ2) is 7.31. The number of hydrogen-bond acceptors (Lipinski definition) is 2. The van der Waals surface area contributed by atoms with Gasteiger partial charge < -0.3 is 10.4 Å². The van der Waals surface area contributed by atoms with Crippen molar-refractivity contribution in [2.24, 2.45) is 0 Å². The lowest BCUT2D eigenvalue weighted by Crippen LogP contribution is -2.44. The van der Waals surface area contributed by atoms with Gasteiger partial charge in [0.2, 0.25) is 5.91 Å². The summed E-state index contributed by atoms with van der Waals surface area (Å²) in [5, 5.41) is 12.4. The maximum absolute atomic E-state index is 13.2. The van der Waals surface area contributed by atoms with Crippen LogP contribution in [0.25, 0.3) is 11.1 Å². The van der Waals surface area contributed by atoms with Crippen molar-refractivity contribution in [3.8, 4) is 11.1 Å². The van der Waals surface area contributed by atoms with Gasteiger partial charge in [0.05, 0.1) is 5.92 Å². The fourth-order valence-electron chi connectivity index (χ4n) is 3.85. The molecule has 0 saturated heterocycles. The zero-order valence-corrected chi connectivity index (χ0v) is 15.6. The van der Waals surface area contributed by atoms with Gasteiger partial charge >= 0.3 is 5.97 Å². The average molecular weight is 371 g/mol. The number of carbonyl (C=O) groups is 2. The molecule has 2 N–H and O–H groups in total. The zero-order chi connectivity index (χ0) is 19.7. The van der Waals surface area contributed by atoms with Crippen LogP contribution in [0.1, 0.15) is 28.2 Å². The van der Waals surface area contributed by atoms with Gasteiger partial charge in [-0.1, -0.05) is 78.4 Å². The highest BCUT2D eigenvalue weighted by Crippen LogP contribution is 2.44. The largest absolute Gasteiger partial charge is 0.480 e. The summed E-state index contributed by atoms with van der Waals surface area (Å²) in [5.41, 5.74) is 5.89. The third-order valence-corrected chi connectivity index (χ3v) is 5.27. The minimum absolute atomic E-state index is 0.247. The van der Waals surface area contributed by atoms with E-state index in [-0.39, 0.29) is 12.3 Å². The summed E-state index contributed by atoms with van der Waals surface area (Å²) in [4.78, 5) is 25.0. The van der Waals surface area contributed by atoms with Gasteiger partial charge in [0.25, 0.3) is 0 Å². The molecule has 140 valence electrons. The number of carbonyl (C=O) groups excluding carboxylic acids is 1. The Morgan fingerprint density at radius 1 is 0.893 bits per heavy atom. The van der Waals surface area contributed by atoms with Crippen LogP contribution in [0.4, 0.5) is 0 Å². The van der Waals surface area contributed by atoms with Crippen LogP contribution >= 0.6 is 0 Å². The number of aryl methyl sites for hydroxylation is 1. The molecule has 4 heteroatoms. The van der Waals surface area contributed by atoms with Crippen LogP contribution in [0.3, 0.4) is 0 Å². The first-order valence-corrected chi connectivity index (χ1v) is 9.31. The maximum atomic E-state index is 13.2. The predicted molar refractivity (Wildman–Crippen MR) is 108 cm³/mol. The lowest BCUT2D eigenvalue weighted by Gasteiger charge is -2.19. The summed E-state index contributed by atoms with van der Waals surface area (Å²) >= 11 is 0. The zero-order valence-electron chi connectivity index (χ0n) is 15.6. The molecule has 0 bridgehead atoms. The van der Waals surface area contributed by atoms with Crippen LogP contribution < -0.4 is 5.32 Å². The Morgan fingerprint density at radius 2 is 1.43 bits per heavy atom. The molecular formula is C24H21NO3. The number of amides is 1. The van der Waals surface area contributed by atoms with Gasteiger partial charge in [0.15, 0.2) is 0 Å². The van der Waals surface area contributed by atoms with E-state index in [1.54, 1.807) is 0 Å². The molecule has 1 amide bonds. The van der Waals surface area contributed by atoms with E-state index in [1.165, 1.54) is 0 Å². The Kier molecular flexibility index (Phi) is 4.70. The average Bonchev–Trinajstić information content (AvgIpc) is 3.03. The third-order valence-electron chi connectivity index (χ3n) is 5.27. The van der Waals surface area contributed by atoms with E-state index in [0.717, 1.165) is 33.4 Å². The van der Waals surface area contributed by atoms with E-state index in [0.29, 0.717) is 0 Å². The Labute approximate surface area is 163 Å². The number of rotatable bonds is 5. The Hall–Kier alpha value is -3.40. The summed E-state index contributed by atoms with van der Waals surface area (Å²) in [6.45, 7) is 1.98. The maximum Gasteiger partial charge on any atom is 0.326 e. The molecule has 1 aliphatic rings. The highest BCUT2D eigenvalue weighted by molar-refractivity contribution is 5.97. The van der Waals surface area contributed by atoms with E-state index in [4.69, 9.17) is 0 Å². The van der Waals surface area contributed by atoms with Gasteiger partial charge in [-0.25, -0.2) is 4.79 Å². The van der Waals surface area contributed by atoms with Crippen LogP contribution in [0.15, 0.2) is 72.8 Å². The molecule has 0 heterocycles. The van der Waals surface area contributed by atoms with E-state index in [2.05, 4.69) is 5.32 Å². The topological polar surface area (TPSA) is 66.4 Å². The van der Waals surface area contributed by atoms with Gasteiger partial charge in [0.1, 0.15) is 6.04 Å². The molecule has 3 aromatic carbocycles. The summed E-state index contributed by atoms with van der Waals surface area (Å²) in [6.07, 6.45) is 0.247. The Morgan fingerprint density at radius 3 is 1.96 bits per heavy atom. The minimum Gasteiger partial charge on any atom is -0.480 e. The predicted octanol–water partition coefficient (Wildman–Crippen LogP) is 3.92. The molecule has 4 rings (SSSR count). The molecule has 0 aliphatic heterocycles. The first-order chi connectivity index (χ1) is 13.5. The SMILES string of the molecule is Cc1ccc(C[C@@H](NC(=O)C2c3ccccc3-c3ccccc32)C(=O)O)cc1. The molecule has 0 radical (unpaired) electrons. The van der Waals surface area contributed by atoms with Crippen LogP contribution in [0, 0.1) is 6.92 Å². The molecule has 3 aromatic rings. The molecule has 0 spiro atoms. The van der Waals surface area contributed by atoms with Crippen molar-refractivity contribution in [3.63, 3.8) is 0 Å². The van der Waals surface area contributed by atoms with Crippen molar-refractivity contribution < 1.29 is 14.7 Å². The molecule has 0 aromatic heterocycles. The number of benzene rings is 3. The molecule has 0 unspecified atom stereocenters. The van der Waals surface area contributed by atoms with Gasteiger partial charge in [-0.2, -0.15) is 0 Å². The standard InChI is InChI=1S/C24H21NO3/c1-15-10-12-16(13-11-15)14-21(24(27)28)25-23(26)22-19-8-4-2-6-17(19)18-7-3-5-9-20(18)22/h2-13,21-22H,14H2,1H3,(H,25,26)(H,27,28)/t21-/m1/s1. The molecular weight excluding hydrogens is 350 g/mol. The summed E-state index contributed by atoms with van der Waals surface area (Å²) < 4.78 is 0. The van der Waals surface area contributed by atoms with E-state index in [9.17, 15) is 14.7 Å². The van der Waals surface area contributed by atoms with Gasteiger partial charge in [-0.15, -0.1) is 0 Å². The lowest BCUT2D eigenvalue weighted by atomic mass is 9.95. The number of aliphatic carboxylic acids is 1. The highest BCUT2D eigenvalue weighted by atomic mass is 16.4. The highest BCUT2D eigenvalue weighted by Gasteiger charge is 2.35. The fraction of sp³-hybridized carbons (Fsp3) is 0.167. The smallest absolute Gasteiger partial charge is 0.326 e. The normalized spacial score (nSPS) is 13.5. The summed E-state index contributed by atoms with van der Waals surface area (Å²) in [6, 6.07) is 22.3. The Balaban J connectivity index is 1.61. The number of nitrogens with one attached hydrogen (secondary N) is 1. The quantitative estimate of drug-likeness (QED) is 0.714. The fourth-order valence-corrected chi connectivity index (χ4v) is 3.85. The molecule has 0 saturated carbocycles. The first-order valence-electron chi connectivity index (χ1n) is 9.31. The second-order valence-corrected chi connectivity index (χ2v) is 7.20. The van der Waals surface area contributed by atoms with Gasteiger partial charge in [0, 0.05) is 6.42 Å². The summed E-state index contributed by atoms with van der Waals surface area (Å²) in [5.74, 6) is -1.81. The molecule has 0 fully saturated rings. The molecule has 28 heavy (non-hydrogen) atoms. The molecule has 1 atom stereocenters. The van der Waals surface area contributed by atoms with E-state index in [1.807, 2.05) is 79.7 Å². The van der Waals surface area contributed by atoms with Crippen LogP contribution in [0.5, 0.6) is 0 Å². The monoisotopic (exact) mass is 371 g/mol. The van der Waals surface area contributed by atoms with Crippen molar-refractivity contribution in [1.29, 1.82) is 0 Å². The number of carboxylic acid groups (broad SMARTS) is 1. The second-order valence-electron chi connectivity index (χ2n) is 7.20. The van der Waals surface area contributed by atoms with Gasteiger partial charge in [-0.3, -0.25) is 4.79 Å². The number of carboxylic acids is 1. The number of fused-ring (bicyclic) bond motifs is 3. The molecule has 4 nitrogen and oxygen atoms in total. The van der Waals surface area contributed by atoms with E-state index < -0.39 is 17.9 Å². The van der Waals surface area contributed by atoms with Crippen molar-refractivity contribution in [2.45, 2.75) is 25.3 Å². The van der Waals surface area contributed by atoms with Crippen LogP contribution in [0.2, 0.25) is 0 Å². The van der Waals surface area contributed by atoms with Crippen molar-refractivity contribution >= 4 is 11.9 Å². The van der Waals surface area contributed by atoms with Crippen molar-refractivity contribution in [3.05, 3.63) is 95.1 Å². The van der Waals surface area contributed by atoms with Gasteiger partial charge in [-0.05, 0) is 34.7 Å². The van der Waals surface area contributed by atoms with E-state index >= 15 is 0 Å². The van der Waals surface area contributed by atoms with Crippen LogP contribution in [-0.4, -0.2) is 23.0 Å². The first kappa shape index (κ1) is 18.0. The summed E-state index contributed by atoms with van der Waals surface area (Å²) in [7, 11) is 0. The number of hydrogen-bond donors (Lipinski definition) is 2. The lowest BCUT2D eigenvalue weighted by molar-refractivity contribution is -0.141. The Bertz CT molecular complexity index is 994. The van der Waals surface area contributed by atoms with Crippen molar-refractivity contribution in [2.75, 3.05) is 0 Å².